The minimum Gasteiger partial charge on any atom is -0.361 e. The third kappa shape index (κ3) is 3.41. The summed E-state index contributed by atoms with van der Waals surface area (Å²) >= 11 is 0. The second-order valence-electron chi connectivity index (χ2n) is 5.61. The van der Waals surface area contributed by atoms with Crippen LogP contribution in [0.15, 0.2) is 35.1 Å². The van der Waals surface area contributed by atoms with Crippen molar-refractivity contribution in [3.05, 3.63) is 47.6 Å². The van der Waals surface area contributed by atoms with Crippen LogP contribution in [0.4, 0.5) is 0 Å². The van der Waals surface area contributed by atoms with Crippen LogP contribution >= 0.6 is 0 Å². The Balaban J connectivity index is 1.47. The van der Waals surface area contributed by atoms with Crippen molar-refractivity contribution in [2.75, 3.05) is 6.54 Å². The Kier molecular flexibility index (Phi) is 4.41. The van der Waals surface area contributed by atoms with Gasteiger partial charge in [0.05, 0.1) is 29.5 Å². The Morgan fingerprint density at radius 2 is 2.13 bits per heavy atom. The van der Waals surface area contributed by atoms with E-state index in [-0.39, 0.29) is 5.91 Å². The molecule has 0 aliphatic carbocycles. The van der Waals surface area contributed by atoms with Gasteiger partial charge < -0.3 is 14.4 Å². The van der Waals surface area contributed by atoms with Gasteiger partial charge in [0.1, 0.15) is 5.76 Å². The van der Waals surface area contributed by atoms with Gasteiger partial charge in [-0.05, 0) is 32.4 Å². The summed E-state index contributed by atoms with van der Waals surface area (Å²) in [5.41, 5.74) is 3.77. The first-order chi connectivity index (χ1) is 11.1. The van der Waals surface area contributed by atoms with E-state index in [2.05, 4.69) is 26.1 Å². The zero-order valence-electron chi connectivity index (χ0n) is 13.4. The molecule has 3 aromatic rings. The molecule has 1 N–H and O–H groups in total. The summed E-state index contributed by atoms with van der Waals surface area (Å²) in [4.78, 5) is 16.3. The molecular formula is C17H20N4O2. The SMILES string of the molecule is Cc1noc(C)c1CC(=O)NCCCn1cnc2ccccc21. The van der Waals surface area contributed by atoms with Crippen LogP contribution in [0.1, 0.15) is 23.4 Å². The van der Waals surface area contributed by atoms with Crippen molar-refractivity contribution in [2.24, 2.45) is 0 Å². The highest BCUT2D eigenvalue weighted by Crippen LogP contribution is 2.13. The van der Waals surface area contributed by atoms with Crippen molar-refractivity contribution in [3.63, 3.8) is 0 Å². The molecule has 1 amide bonds. The molecule has 0 saturated heterocycles. The van der Waals surface area contributed by atoms with E-state index in [1.54, 1.807) is 0 Å². The van der Waals surface area contributed by atoms with Gasteiger partial charge in [-0.2, -0.15) is 0 Å². The molecule has 0 aliphatic rings. The first-order valence-electron chi connectivity index (χ1n) is 7.73. The van der Waals surface area contributed by atoms with Crippen LogP contribution in [-0.2, 0) is 17.8 Å². The number of rotatable bonds is 6. The number of para-hydroxylation sites is 2. The number of fused-ring (bicyclic) bond motifs is 1. The Labute approximate surface area is 134 Å². The third-order valence-corrected chi connectivity index (χ3v) is 3.94. The standard InChI is InChI=1S/C17H20N4O2/c1-12-14(13(2)23-20-12)10-17(22)18-8-5-9-21-11-19-15-6-3-4-7-16(15)21/h3-4,6-7,11H,5,8-10H2,1-2H3,(H,18,22). The summed E-state index contributed by atoms with van der Waals surface area (Å²) in [6, 6.07) is 8.04. The molecule has 0 bridgehead atoms. The van der Waals surface area contributed by atoms with Crippen molar-refractivity contribution < 1.29 is 9.32 Å². The smallest absolute Gasteiger partial charge is 0.224 e. The number of carbonyl (C=O) groups is 1. The molecule has 0 radical (unpaired) electrons. The van der Waals surface area contributed by atoms with Crippen LogP contribution < -0.4 is 5.32 Å². The maximum atomic E-state index is 12.0. The third-order valence-electron chi connectivity index (χ3n) is 3.94. The molecule has 6 heteroatoms. The maximum absolute atomic E-state index is 12.0. The minimum atomic E-state index is -0.00473. The molecule has 0 atom stereocenters. The average Bonchev–Trinajstić information content (AvgIpc) is 3.10. The molecule has 6 nitrogen and oxygen atoms in total. The number of hydrogen-bond acceptors (Lipinski definition) is 4. The monoisotopic (exact) mass is 312 g/mol. The summed E-state index contributed by atoms with van der Waals surface area (Å²) in [6.07, 6.45) is 3.01. The number of hydrogen-bond donors (Lipinski definition) is 1. The van der Waals surface area contributed by atoms with Gasteiger partial charge in [0.15, 0.2) is 0 Å². The maximum Gasteiger partial charge on any atom is 0.224 e. The lowest BCUT2D eigenvalue weighted by molar-refractivity contribution is -0.120. The topological polar surface area (TPSA) is 73.0 Å². The van der Waals surface area contributed by atoms with Gasteiger partial charge in [-0.15, -0.1) is 0 Å². The molecule has 0 spiro atoms. The number of nitrogens with zero attached hydrogens (tertiary/aromatic N) is 3. The molecule has 0 saturated carbocycles. The van der Waals surface area contributed by atoms with E-state index in [0.717, 1.165) is 35.3 Å². The van der Waals surface area contributed by atoms with E-state index in [1.165, 1.54) is 0 Å². The quantitative estimate of drug-likeness (QED) is 0.709. The van der Waals surface area contributed by atoms with Gasteiger partial charge in [0, 0.05) is 18.7 Å². The fraction of sp³-hybridized carbons (Fsp3) is 0.353. The molecule has 1 aromatic carbocycles. The van der Waals surface area contributed by atoms with Gasteiger partial charge in [-0.3, -0.25) is 4.79 Å². The number of nitrogens with one attached hydrogen (secondary N) is 1. The van der Waals surface area contributed by atoms with Crippen LogP contribution in [0, 0.1) is 13.8 Å². The summed E-state index contributed by atoms with van der Waals surface area (Å²) in [7, 11) is 0. The highest BCUT2D eigenvalue weighted by molar-refractivity contribution is 5.79. The van der Waals surface area contributed by atoms with E-state index in [9.17, 15) is 4.79 Å². The number of amides is 1. The first-order valence-corrected chi connectivity index (χ1v) is 7.73. The zero-order chi connectivity index (χ0) is 16.2. The number of benzene rings is 1. The number of imidazole rings is 1. The normalized spacial score (nSPS) is 11.0. The fourth-order valence-electron chi connectivity index (χ4n) is 2.64. The second-order valence-corrected chi connectivity index (χ2v) is 5.61. The highest BCUT2D eigenvalue weighted by atomic mass is 16.5. The highest BCUT2D eigenvalue weighted by Gasteiger charge is 2.12. The lowest BCUT2D eigenvalue weighted by atomic mass is 10.1. The van der Waals surface area contributed by atoms with E-state index in [1.807, 2.05) is 38.4 Å². The Hall–Kier alpha value is -2.63. The lowest BCUT2D eigenvalue weighted by Gasteiger charge is -2.06. The molecule has 2 heterocycles. The van der Waals surface area contributed by atoms with Crippen LogP contribution in [0.25, 0.3) is 11.0 Å². The van der Waals surface area contributed by atoms with E-state index in [4.69, 9.17) is 4.52 Å². The van der Waals surface area contributed by atoms with Gasteiger partial charge >= 0.3 is 0 Å². The molecular weight excluding hydrogens is 292 g/mol. The summed E-state index contributed by atoms with van der Waals surface area (Å²) in [5.74, 6) is 0.706. The molecule has 120 valence electrons. The molecule has 23 heavy (non-hydrogen) atoms. The van der Waals surface area contributed by atoms with Crippen molar-refractivity contribution >= 4 is 16.9 Å². The molecule has 2 aromatic heterocycles. The lowest BCUT2D eigenvalue weighted by Crippen LogP contribution is -2.27. The average molecular weight is 312 g/mol. The predicted molar refractivity (Wildman–Crippen MR) is 87.0 cm³/mol. The van der Waals surface area contributed by atoms with Crippen molar-refractivity contribution in [1.29, 1.82) is 0 Å². The Bertz CT molecular complexity index is 799. The molecule has 0 fully saturated rings. The Morgan fingerprint density at radius 1 is 1.30 bits per heavy atom. The van der Waals surface area contributed by atoms with Crippen LogP contribution in [-0.4, -0.2) is 27.2 Å². The fourth-order valence-corrected chi connectivity index (χ4v) is 2.64. The Morgan fingerprint density at radius 3 is 2.91 bits per heavy atom. The van der Waals surface area contributed by atoms with Crippen LogP contribution in [0.5, 0.6) is 0 Å². The van der Waals surface area contributed by atoms with Gasteiger partial charge in [-0.25, -0.2) is 4.98 Å². The predicted octanol–water partition coefficient (Wildman–Crippen LogP) is 2.39. The van der Waals surface area contributed by atoms with Gasteiger partial charge in [-0.1, -0.05) is 17.3 Å². The van der Waals surface area contributed by atoms with Crippen LogP contribution in [0.3, 0.4) is 0 Å². The molecule has 3 rings (SSSR count). The zero-order valence-corrected chi connectivity index (χ0v) is 13.4. The van der Waals surface area contributed by atoms with Gasteiger partial charge in [0.2, 0.25) is 5.91 Å². The number of carbonyl (C=O) groups excluding carboxylic acids is 1. The molecule has 0 unspecified atom stereocenters. The summed E-state index contributed by atoms with van der Waals surface area (Å²) in [5, 5.41) is 6.81. The minimum absolute atomic E-state index is 0.00473. The molecule has 0 aliphatic heterocycles. The number of aromatic nitrogens is 3. The van der Waals surface area contributed by atoms with Gasteiger partial charge in [0.25, 0.3) is 0 Å². The number of aryl methyl sites for hydroxylation is 3. The summed E-state index contributed by atoms with van der Waals surface area (Å²) in [6.45, 7) is 5.14. The van der Waals surface area contributed by atoms with Crippen molar-refractivity contribution in [1.82, 2.24) is 20.0 Å². The van der Waals surface area contributed by atoms with Crippen molar-refractivity contribution in [3.8, 4) is 0 Å². The van der Waals surface area contributed by atoms with Crippen LogP contribution in [0.2, 0.25) is 0 Å². The largest absolute Gasteiger partial charge is 0.361 e. The summed E-state index contributed by atoms with van der Waals surface area (Å²) < 4.78 is 7.18. The second kappa shape index (κ2) is 6.64. The van der Waals surface area contributed by atoms with E-state index >= 15 is 0 Å². The van der Waals surface area contributed by atoms with Crippen molar-refractivity contribution in [2.45, 2.75) is 33.2 Å². The first kappa shape index (κ1) is 15.3. The van der Waals surface area contributed by atoms with E-state index in [0.29, 0.717) is 18.7 Å². The van der Waals surface area contributed by atoms with E-state index < -0.39 is 0 Å².